The summed E-state index contributed by atoms with van der Waals surface area (Å²) in [5.41, 5.74) is 1.98. The van der Waals surface area contributed by atoms with Crippen molar-refractivity contribution in [2.75, 3.05) is 5.32 Å². The number of nitrogens with one attached hydrogen (secondary N) is 1. The van der Waals surface area contributed by atoms with Crippen LogP contribution in [-0.4, -0.2) is 25.9 Å². The van der Waals surface area contributed by atoms with Crippen LogP contribution in [-0.2, 0) is 4.79 Å². The van der Waals surface area contributed by atoms with Crippen molar-refractivity contribution in [1.82, 2.24) is 14.8 Å². The molecular formula is C18H22N4OS. The normalized spacial score (nSPS) is 18.4. The quantitative estimate of drug-likeness (QED) is 0.808. The summed E-state index contributed by atoms with van der Waals surface area (Å²) in [6, 6.07) is 8.41. The lowest BCUT2D eigenvalue weighted by atomic mass is 10.2. The molecule has 0 aliphatic heterocycles. The number of amides is 1. The number of rotatable bonds is 6. The van der Waals surface area contributed by atoms with E-state index >= 15 is 0 Å². The van der Waals surface area contributed by atoms with E-state index in [9.17, 15) is 4.79 Å². The zero-order valence-electron chi connectivity index (χ0n) is 14.0. The standard InChI is InChI=1S/C18H22N4OS/c1-11-4-3-5-14(10-11)19-17(23)12(2)24-18-21-20-16(13-6-7-13)22(18)15-8-9-15/h3-5,10,12-13,15H,6-9H2,1-2H3,(H,19,23)/t12-/m0/s1. The molecule has 1 amide bonds. The smallest absolute Gasteiger partial charge is 0.237 e. The van der Waals surface area contributed by atoms with Gasteiger partial charge in [0.2, 0.25) is 5.91 Å². The number of anilines is 1. The number of carbonyl (C=O) groups excluding carboxylic acids is 1. The number of carbonyl (C=O) groups is 1. The zero-order valence-corrected chi connectivity index (χ0v) is 14.8. The maximum atomic E-state index is 12.5. The van der Waals surface area contributed by atoms with Crippen LogP contribution in [0.5, 0.6) is 0 Å². The molecule has 2 aromatic rings. The van der Waals surface area contributed by atoms with Gasteiger partial charge in [0, 0.05) is 17.6 Å². The van der Waals surface area contributed by atoms with Crippen LogP contribution < -0.4 is 5.32 Å². The van der Waals surface area contributed by atoms with Crippen molar-refractivity contribution in [3.05, 3.63) is 35.7 Å². The van der Waals surface area contributed by atoms with Gasteiger partial charge in [0.05, 0.1) is 5.25 Å². The maximum Gasteiger partial charge on any atom is 0.237 e. The lowest BCUT2D eigenvalue weighted by Crippen LogP contribution is -2.23. The van der Waals surface area contributed by atoms with Crippen molar-refractivity contribution < 1.29 is 4.79 Å². The van der Waals surface area contributed by atoms with Crippen LogP contribution in [0.3, 0.4) is 0 Å². The summed E-state index contributed by atoms with van der Waals surface area (Å²) < 4.78 is 2.29. The van der Waals surface area contributed by atoms with E-state index in [1.165, 1.54) is 37.4 Å². The average Bonchev–Trinajstić information content (AvgIpc) is 3.46. The largest absolute Gasteiger partial charge is 0.325 e. The first-order valence-electron chi connectivity index (χ1n) is 8.61. The highest BCUT2D eigenvalue weighted by atomic mass is 32.2. The maximum absolute atomic E-state index is 12.5. The molecule has 1 atom stereocenters. The number of hydrogen-bond donors (Lipinski definition) is 1. The number of benzene rings is 1. The van der Waals surface area contributed by atoms with Crippen LogP contribution in [0.2, 0.25) is 0 Å². The molecule has 1 aromatic carbocycles. The minimum absolute atomic E-state index is 0.00363. The van der Waals surface area contributed by atoms with Gasteiger partial charge in [-0.05, 0) is 57.2 Å². The summed E-state index contributed by atoms with van der Waals surface area (Å²) >= 11 is 1.51. The summed E-state index contributed by atoms with van der Waals surface area (Å²) in [7, 11) is 0. The first-order valence-corrected chi connectivity index (χ1v) is 9.49. The molecule has 0 unspecified atom stereocenters. The lowest BCUT2D eigenvalue weighted by Gasteiger charge is -2.13. The second-order valence-electron chi connectivity index (χ2n) is 6.84. The summed E-state index contributed by atoms with van der Waals surface area (Å²) in [4.78, 5) is 12.5. The molecule has 2 saturated carbocycles. The van der Waals surface area contributed by atoms with E-state index in [0.29, 0.717) is 12.0 Å². The Morgan fingerprint density at radius 3 is 2.75 bits per heavy atom. The Bertz CT molecular complexity index is 764. The molecule has 0 saturated heterocycles. The van der Waals surface area contributed by atoms with Crippen molar-refractivity contribution >= 4 is 23.4 Å². The molecule has 1 heterocycles. The third-order valence-electron chi connectivity index (χ3n) is 4.48. The molecule has 2 fully saturated rings. The molecule has 0 bridgehead atoms. The van der Waals surface area contributed by atoms with Gasteiger partial charge in [0.1, 0.15) is 5.82 Å². The van der Waals surface area contributed by atoms with E-state index in [4.69, 9.17) is 0 Å². The van der Waals surface area contributed by atoms with E-state index in [1.54, 1.807) is 0 Å². The predicted octanol–water partition coefficient (Wildman–Crippen LogP) is 3.92. The topological polar surface area (TPSA) is 59.8 Å². The van der Waals surface area contributed by atoms with Crippen LogP contribution in [0, 0.1) is 6.92 Å². The fourth-order valence-corrected chi connectivity index (χ4v) is 3.77. The second kappa shape index (κ2) is 6.24. The molecule has 1 aromatic heterocycles. The Morgan fingerprint density at radius 1 is 1.29 bits per heavy atom. The van der Waals surface area contributed by atoms with E-state index < -0.39 is 0 Å². The van der Waals surface area contributed by atoms with Crippen LogP contribution in [0.1, 0.15) is 56.0 Å². The van der Waals surface area contributed by atoms with Gasteiger partial charge in [-0.15, -0.1) is 10.2 Å². The van der Waals surface area contributed by atoms with Crippen LogP contribution in [0.15, 0.2) is 29.4 Å². The number of hydrogen-bond acceptors (Lipinski definition) is 4. The van der Waals surface area contributed by atoms with Crippen molar-refractivity contribution in [2.45, 2.75) is 61.9 Å². The molecule has 1 N–H and O–H groups in total. The Kier molecular flexibility index (Phi) is 4.08. The molecule has 24 heavy (non-hydrogen) atoms. The van der Waals surface area contributed by atoms with Gasteiger partial charge in [-0.2, -0.15) is 0 Å². The highest BCUT2D eigenvalue weighted by Gasteiger charge is 2.37. The molecule has 6 heteroatoms. The van der Waals surface area contributed by atoms with Gasteiger partial charge in [0.25, 0.3) is 0 Å². The zero-order chi connectivity index (χ0) is 16.7. The second-order valence-corrected chi connectivity index (χ2v) is 8.14. The Balaban J connectivity index is 1.46. The molecular weight excluding hydrogens is 320 g/mol. The number of aromatic nitrogens is 3. The first-order chi connectivity index (χ1) is 11.6. The summed E-state index contributed by atoms with van der Waals surface area (Å²) in [6.45, 7) is 3.95. The van der Waals surface area contributed by atoms with Crippen molar-refractivity contribution in [3.8, 4) is 0 Å². The monoisotopic (exact) mass is 342 g/mol. The van der Waals surface area contributed by atoms with E-state index in [2.05, 4.69) is 20.1 Å². The van der Waals surface area contributed by atoms with E-state index in [-0.39, 0.29) is 11.2 Å². The van der Waals surface area contributed by atoms with Gasteiger partial charge >= 0.3 is 0 Å². The van der Waals surface area contributed by atoms with Gasteiger partial charge in [-0.1, -0.05) is 23.9 Å². The predicted molar refractivity (Wildman–Crippen MR) is 95.4 cm³/mol. The lowest BCUT2D eigenvalue weighted by molar-refractivity contribution is -0.115. The van der Waals surface area contributed by atoms with Crippen molar-refractivity contribution in [3.63, 3.8) is 0 Å². The van der Waals surface area contributed by atoms with Gasteiger partial charge in [0.15, 0.2) is 5.16 Å². The SMILES string of the molecule is Cc1cccc(NC(=O)[C@H](C)Sc2nnc(C3CC3)n2C2CC2)c1. The molecule has 0 spiro atoms. The van der Waals surface area contributed by atoms with Gasteiger partial charge in [-0.25, -0.2) is 0 Å². The highest BCUT2D eigenvalue weighted by molar-refractivity contribution is 8.00. The minimum atomic E-state index is -0.209. The summed E-state index contributed by atoms with van der Waals surface area (Å²) in [6.07, 6.45) is 4.85. The molecule has 5 nitrogen and oxygen atoms in total. The molecule has 0 radical (unpaired) electrons. The van der Waals surface area contributed by atoms with Gasteiger partial charge in [-0.3, -0.25) is 4.79 Å². The number of nitrogens with zero attached hydrogens (tertiary/aromatic N) is 3. The third-order valence-corrected chi connectivity index (χ3v) is 5.54. The van der Waals surface area contributed by atoms with E-state index in [0.717, 1.165) is 22.2 Å². The number of aryl methyl sites for hydroxylation is 1. The first kappa shape index (κ1) is 15.7. The van der Waals surface area contributed by atoms with E-state index in [1.807, 2.05) is 38.1 Å². The molecule has 2 aliphatic carbocycles. The fourth-order valence-electron chi connectivity index (χ4n) is 2.84. The Hall–Kier alpha value is -1.82. The average molecular weight is 342 g/mol. The molecule has 2 aliphatic rings. The van der Waals surface area contributed by atoms with Crippen LogP contribution >= 0.6 is 11.8 Å². The number of thioether (sulfide) groups is 1. The summed E-state index contributed by atoms with van der Waals surface area (Å²) in [5, 5.41) is 12.5. The van der Waals surface area contributed by atoms with Crippen LogP contribution in [0.4, 0.5) is 5.69 Å². The molecule has 4 rings (SSSR count). The highest BCUT2D eigenvalue weighted by Crippen LogP contribution is 2.46. The fraction of sp³-hybridized carbons (Fsp3) is 0.500. The summed E-state index contributed by atoms with van der Waals surface area (Å²) in [5.74, 6) is 1.72. The minimum Gasteiger partial charge on any atom is -0.325 e. The van der Waals surface area contributed by atoms with Crippen LogP contribution in [0.25, 0.3) is 0 Å². The molecule has 126 valence electrons. The van der Waals surface area contributed by atoms with Gasteiger partial charge < -0.3 is 9.88 Å². The third kappa shape index (κ3) is 3.34. The Morgan fingerprint density at radius 2 is 2.08 bits per heavy atom. The van der Waals surface area contributed by atoms with Crippen molar-refractivity contribution in [1.29, 1.82) is 0 Å². The van der Waals surface area contributed by atoms with Crippen molar-refractivity contribution in [2.24, 2.45) is 0 Å². The Labute approximate surface area is 146 Å².